The molecule has 0 saturated carbocycles. The number of hydrogen-bond acceptors (Lipinski definition) is 4. The van der Waals surface area contributed by atoms with Crippen molar-refractivity contribution in [2.75, 3.05) is 11.9 Å². The number of ether oxygens (including phenoxy) is 2. The van der Waals surface area contributed by atoms with E-state index in [1.807, 2.05) is 0 Å². The summed E-state index contributed by atoms with van der Waals surface area (Å²) < 4.78 is 33.8. The number of nitrogens with two attached hydrogens (primary N) is 1. The van der Waals surface area contributed by atoms with Crippen molar-refractivity contribution in [2.24, 2.45) is 5.73 Å². The second-order valence-corrected chi connectivity index (χ2v) is 5.71. The lowest BCUT2D eigenvalue weighted by molar-refractivity contribution is -0.118. The van der Waals surface area contributed by atoms with E-state index in [1.54, 1.807) is 0 Å². The van der Waals surface area contributed by atoms with Gasteiger partial charge in [-0.2, -0.15) is 8.78 Å². The summed E-state index contributed by atoms with van der Waals surface area (Å²) in [5.74, 6) is -1.46. The molecule has 0 unspecified atom stereocenters. The SMILES string of the molecule is NC(=O)c1cc(Cl)ccc1OCC(=O)Nc1ccc(OC(F)F)c(Cl)c1. The van der Waals surface area contributed by atoms with Gasteiger partial charge in [-0.25, -0.2) is 0 Å². The molecule has 6 nitrogen and oxygen atoms in total. The zero-order valence-corrected chi connectivity index (χ0v) is 14.5. The van der Waals surface area contributed by atoms with Gasteiger partial charge in [-0.05, 0) is 36.4 Å². The van der Waals surface area contributed by atoms with E-state index in [9.17, 15) is 18.4 Å². The molecule has 0 saturated heterocycles. The average Bonchev–Trinajstić information content (AvgIpc) is 2.55. The summed E-state index contributed by atoms with van der Waals surface area (Å²) in [6.45, 7) is -3.45. The third-order valence-electron chi connectivity index (χ3n) is 3.00. The lowest BCUT2D eigenvalue weighted by Crippen LogP contribution is -2.21. The van der Waals surface area contributed by atoms with Crippen molar-refractivity contribution < 1.29 is 27.8 Å². The number of halogens is 4. The Morgan fingerprint density at radius 3 is 2.42 bits per heavy atom. The highest BCUT2D eigenvalue weighted by Gasteiger charge is 2.13. The van der Waals surface area contributed by atoms with E-state index in [0.29, 0.717) is 0 Å². The van der Waals surface area contributed by atoms with E-state index in [2.05, 4.69) is 10.1 Å². The number of alkyl halides is 2. The first kappa shape index (κ1) is 19.7. The largest absolute Gasteiger partial charge is 0.483 e. The van der Waals surface area contributed by atoms with E-state index in [-0.39, 0.29) is 32.8 Å². The number of benzene rings is 2. The van der Waals surface area contributed by atoms with Crippen molar-refractivity contribution in [3.63, 3.8) is 0 Å². The lowest BCUT2D eigenvalue weighted by atomic mass is 10.2. The molecule has 0 aliphatic rings. The van der Waals surface area contributed by atoms with E-state index in [4.69, 9.17) is 33.7 Å². The van der Waals surface area contributed by atoms with Crippen molar-refractivity contribution in [3.05, 3.63) is 52.0 Å². The van der Waals surface area contributed by atoms with Crippen LogP contribution in [0.5, 0.6) is 11.5 Å². The first-order valence-corrected chi connectivity index (χ1v) is 7.78. The van der Waals surface area contributed by atoms with E-state index < -0.39 is 25.0 Å². The van der Waals surface area contributed by atoms with Gasteiger partial charge in [-0.3, -0.25) is 9.59 Å². The molecule has 3 N–H and O–H groups in total. The number of nitrogens with one attached hydrogen (secondary N) is 1. The quantitative estimate of drug-likeness (QED) is 0.735. The Kier molecular flexibility index (Phi) is 6.59. The number of rotatable bonds is 7. The molecule has 0 fully saturated rings. The molecule has 0 spiro atoms. The van der Waals surface area contributed by atoms with Crippen LogP contribution in [-0.4, -0.2) is 25.0 Å². The molecule has 0 bridgehead atoms. The van der Waals surface area contributed by atoms with Crippen LogP contribution in [0.3, 0.4) is 0 Å². The van der Waals surface area contributed by atoms with Crippen molar-refractivity contribution in [1.82, 2.24) is 0 Å². The van der Waals surface area contributed by atoms with Gasteiger partial charge in [-0.1, -0.05) is 23.2 Å². The molecule has 0 atom stereocenters. The molecule has 2 rings (SSSR count). The summed E-state index contributed by atoms with van der Waals surface area (Å²) >= 11 is 11.6. The Morgan fingerprint density at radius 1 is 1.12 bits per heavy atom. The molecule has 2 aromatic rings. The van der Waals surface area contributed by atoms with Gasteiger partial charge in [0.25, 0.3) is 11.8 Å². The van der Waals surface area contributed by atoms with Crippen LogP contribution >= 0.6 is 23.2 Å². The van der Waals surface area contributed by atoms with Crippen LogP contribution in [0.4, 0.5) is 14.5 Å². The van der Waals surface area contributed by atoms with E-state index >= 15 is 0 Å². The average molecular weight is 405 g/mol. The van der Waals surface area contributed by atoms with E-state index in [1.165, 1.54) is 36.4 Å². The van der Waals surface area contributed by atoms with Crippen LogP contribution in [0.25, 0.3) is 0 Å². The Balaban J connectivity index is 1.99. The summed E-state index contributed by atoms with van der Waals surface area (Å²) in [5, 5.41) is 2.65. The van der Waals surface area contributed by atoms with Crippen molar-refractivity contribution in [2.45, 2.75) is 6.61 Å². The molecule has 2 amide bonds. The molecule has 0 aliphatic carbocycles. The second kappa shape index (κ2) is 8.68. The summed E-state index contributed by atoms with van der Waals surface area (Å²) in [6.07, 6.45) is 0. The monoisotopic (exact) mass is 404 g/mol. The van der Waals surface area contributed by atoms with Crippen molar-refractivity contribution in [3.8, 4) is 11.5 Å². The van der Waals surface area contributed by atoms with Gasteiger partial charge >= 0.3 is 6.61 Å². The maximum Gasteiger partial charge on any atom is 0.387 e. The van der Waals surface area contributed by atoms with Crippen molar-refractivity contribution >= 4 is 40.7 Å². The zero-order chi connectivity index (χ0) is 19.3. The molecule has 0 heterocycles. The summed E-state index contributed by atoms with van der Waals surface area (Å²) in [6, 6.07) is 7.96. The predicted octanol–water partition coefficient (Wildman–Crippen LogP) is 3.71. The smallest absolute Gasteiger partial charge is 0.387 e. The standard InChI is InChI=1S/C16H12Cl2F2N2O4/c17-8-1-3-12(10(5-8)15(21)24)25-7-14(23)22-9-2-4-13(11(18)6-9)26-16(19)20/h1-6,16H,7H2,(H2,21,24)(H,22,23). The third kappa shape index (κ3) is 5.47. The number of carbonyl (C=O) groups is 2. The summed E-state index contributed by atoms with van der Waals surface area (Å²) in [5.41, 5.74) is 5.50. The molecule has 2 aromatic carbocycles. The first-order chi connectivity index (χ1) is 12.3. The van der Waals surface area contributed by atoms with Gasteiger partial charge in [0, 0.05) is 10.7 Å². The summed E-state index contributed by atoms with van der Waals surface area (Å²) in [4.78, 5) is 23.3. The van der Waals surface area contributed by atoms with Gasteiger partial charge in [0.05, 0.1) is 10.6 Å². The molecule has 0 radical (unpaired) electrons. The highest BCUT2D eigenvalue weighted by Crippen LogP contribution is 2.29. The fraction of sp³-hybridized carbons (Fsp3) is 0.125. The normalized spacial score (nSPS) is 10.5. The topological polar surface area (TPSA) is 90.7 Å². The number of hydrogen-bond donors (Lipinski definition) is 2. The Hall–Kier alpha value is -2.58. The number of anilines is 1. The second-order valence-electron chi connectivity index (χ2n) is 4.87. The van der Waals surface area contributed by atoms with Crippen LogP contribution in [0.15, 0.2) is 36.4 Å². The van der Waals surface area contributed by atoms with Crippen LogP contribution < -0.4 is 20.5 Å². The van der Waals surface area contributed by atoms with Gasteiger partial charge in [0.2, 0.25) is 0 Å². The highest BCUT2D eigenvalue weighted by molar-refractivity contribution is 6.32. The number of carbonyl (C=O) groups excluding carboxylic acids is 2. The Bertz CT molecular complexity index is 834. The van der Waals surface area contributed by atoms with Gasteiger partial charge in [0.1, 0.15) is 11.5 Å². The minimum absolute atomic E-state index is 0.0295. The van der Waals surface area contributed by atoms with Gasteiger partial charge in [-0.15, -0.1) is 0 Å². The molecular weight excluding hydrogens is 393 g/mol. The van der Waals surface area contributed by atoms with Gasteiger partial charge < -0.3 is 20.5 Å². The predicted molar refractivity (Wildman–Crippen MR) is 92.2 cm³/mol. The van der Waals surface area contributed by atoms with Crippen LogP contribution in [-0.2, 0) is 4.79 Å². The molecular formula is C16H12Cl2F2N2O4. The van der Waals surface area contributed by atoms with Crippen LogP contribution in [0.2, 0.25) is 10.0 Å². The fourth-order valence-corrected chi connectivity index (χ4v) is 2.33. The van der Waals surface area contributed by atoms with Crippen LogP contribution in [0, 0.1) is 0 Å². The third-order valence-corrected chi connectivity index (χ3v) is 3.53. The maximum atomic E-state index is 12.2. The minimum Gasteiger partial charge on any atom is -0.483 e. The van der Waals surface area contributed by atoms with Crippen molar-refractivity contribution in [1.29, 1.82) is 0 Å². The zero-order valence-electron chi connectivity index (χ0n) is 13.0. The lowest BCUT2D eigenvalue weighted by Gasteiger charge is -2.11. The highest BCUT2D eigenvalue weighted by atomic mass is 35.5. The molecule has 138 valence electrons. The minimum atomic E-state index is -3.01. The van der Waals surface area contributed by atoms with Crippen LogP contribution in [0.1, 0.15) is 10.4 Å². The summed E-state index contributed by atoms with van der Waals surface area (Å²) in [7, 11) is 0. The number of primary amides is 1. The maximum absolute atomic E-state index is 12.2. The molecule has 10 heteroatoms. The Morgan fingerprint density at radius 2 is 1.81 bits per heavy atom. The van der Waals surface area contributed by atoms with Gasteiger partial charge in [0.15, 0.2) is 6.61 Å². The first-order valence-electron chi connectivity index (χ1n) is 7.02. The van der Waals surface area contributed by atoms with E-state index in [0.717, 1.165) is 0 Å². The Labute approximate surface area is 156 Å². The molecule has 0 aromatic heterocycles. The fourth-order valence-electron chi connectivity index (χ4n) is 1.93. The number of amides is 2. The molecule has 26 heavy (non-hydrogen) atoms. The molecule has 0 aliphatic heterocycles.